The van der Waals surface area contributed by atoms with Gasteiger partial charge in [-0.05, 0) is 6.92 Å². The molecule has 0 saturated carbocycles. The van der Waals surface area contributed by atoms with Crippen molar-refractivity contribution >= 4 is 5.97 Å². The van der Waals surface area contributed by atoms with E-state index in [0.29, 0.717) is 6.61 Å². The SMILES string of the molecule is COCC(C)OCC(=O)OC. The monoisotopic (exact) mass is 162 g/mol. The molecule has 4 nitrogen and oxygen atoms in total. The van der Waals surface area contributed by atoms with Crippen molar-refractivity contribution in [3.05, 3.63) is 0 Å². The van der Waals surface area contributed by atoms with Gasteiger partial charge < -0.3 is 14.2 Å². The summed E-state index contributed by atoms with van der Waals surface area (Å²) in [6, 6.07) is 0. The first-order valence-corrected chi connectivity index (χ1v) is 3.38. The molecule has 4 heteroatoms. The minimum absolute atomic E-state index is 0.0129. The molecule has 0 radical (unpaired) electrons. The summed E-state index contributed by atoms with van der Waals surface area (Å²) in [6.07, 6.45) is -0.0703. The fourth-order valence-electron chi connectivity index (χ4n) is 0.552. The zero-order valence-electron chi connectivity index (χ0n) is 7.12. The predicted octanol–water partition coefficient (Wildman–Crippen LogP) is 0.211. The van der Waals surface area contributed by atoms with Gasteiger partial charge in [0.15, 0.2) is 0 Å². The van der Waals surface area contributed by atoms with Crippen LogP contribution < -0.4 is 0 Å². The quantitative estimate of drug-likeness (QED) is 0.542. The molecule has 0 aromatic rings. The molecular formula is C7H14O4. The van der Waals surface area contributed by atoms with Gasteiger partial charge >= 0.3 is 5.97 Å². The number of methoxy groups -OCH3 is 2. The molecule has 66 valence electrons. The number of ether oxygens (including phenoxy) is 3. The van der Waals surface area contributed by atoms with Crippen LogP contribution in [0.25, 0.3) is 0 Å². The molecule has 0 N–H and O–H groups in total. The first-order valence-electron chi connectivity index (χ1n) is 3.38. The van der Waals surface area contributed by atoms with E-state index < -0.39 is 0 Å². The molecule has 0 spiro atoms. The maximum atomic E-state index is 10.5. The highest BCUT2D eigenvalue weighted by Gasteiger charge is 2.04. The fraction of sp³-hybridized carbons (Fsp3) is 0.857. The zero-order chi connectivity index (χ0) is 8.69. The van der Waals surface area contributed by atoms with Crippen molar-refractivity contribution in [1.82, 2.24) is 0 Å². The number of rotatable bonds is 5. The van der Waals surface area contributed by atoms with Gasteiger partial charge in [0.1, 0.15) is 6.61 Å². The molecule has 0 bridgehead atoms. The molecule has 11 heavy (non-hydrogen) atoms. The van der Waals surface area contributed by atoms with Crippen molar-refractivity contribution in [1.29, 1.82) is 0 Å². The summed E-state index contributed by atoms with van der Waals surface area (Å²) in [5.74, 6) is -0.368. The van der Waals surface area contributed by atoms with Crippen molar-refractivity contribution < 1.29 is 19.0 Å². The molecule has 1 atom stereocenters. The van der Waals surface area contributed by atoms with Gasteiger partial charge in [-0.1, -0.05) is 0 Å². The third-order valence-electron chi connectivity index (χ3n) is 1.11. The third-order valence-corrected chi connectivity index (χ3v) is 1.11. The number of esters is 1. The number of carbonyl (C=O) groups is 1. The summed E-state index contributed by atoms with van der Waals surface area (Å²) >= 11 is 0. The highest BCUT2D eigenvalue weighted by Crippen LogP contribution is 1.90. The summed E-state index contributed by atoms with van der Waals surface area (Å²) in [6.45, 7) is 2.30. The smallest absolute Gasteiger partial charge is 0.331 e. The molecule has 0 aliphatic carbocycles. The van der Waals surface area contributed by atoms with E-state index in [-0.39, 0.29) is 18.7 Å². The molecule has 0 aromatic heterocycles. The maximum Gasteiger partial charge on any atom is 0.331 e. The molecule has 0 fully saturated rings. The second kappa shape index (κ2) is 6.12. The fourth-order valence-corrected chi connectivity index (χ4v) is 0.552. The summed E-state index contributed by atoms with van der Waals surface area (Å²) in [5.41, 5.74) is 0. The lowest BCUT2D eigenvalue weighted by atomic mass is 10.4. The average molecular weight is 162 g/mol. The molecule has 0 aromatic carbocycles. The van der Waals surface area contributed by atoms with Crippen LogP contribution in [0.2, 0.25) is 0 Å². The molecule has 0 amide bonds. The molecule has 0 saturated heterocycles. The van der Waals surface area contributed by atoms with E-state index >= 15 is 0 Å². The van der Waals surface area contributed by atoms with Crippen LogP contribution in [-0.2, 0) is 19.0 Å². The van der Waals surface area contributed by atoms with Crippen LogP contribution in [0, 0.1) is 0 Å². The lowest BCUT2D eigenvalue weighted by Crippen LogP contribution is -2.20. The summed E-state index contributed by atoms with van der Waals surface area (Å²) in [5, 5.41) is 0. The normalized spacial score (nSPS) is 12.6. The van der Waals surface area contributed by atoms with Crippen LogP contribution in [0.1, 0.15) is 6.92 Å². The lowest BCUT2D eigenvalue weighted by molar-refractivity contribution is -0.148. The Hall–Kier alpha value is -0.610. The molecule has 0 aliphatic heterocycles. The van der Waals surface area contributed by atoms with E-state index in [1.54, 1.807) is 7.11 Å². The Morgan fingerprint density at radius 2 is 2.09 bits per heavy atom. The zero-order valence-corrected chi connectivity index (χ0v) is 7.12. The largest absolute Gasteiger partial charge is 0.467 e. The molecule has 1 unspecified atom stereocenters. The summed E-state index contributed by atoms with van der Waals surface area (Å²) in [7, 11) is 2.91. The van der Waals surface area contributed by atoms with Crippen molar-refractivity contribution in [3.63, 3.8) is 0 Å². The predicted molar refractivity (Wildman–Crippen MR) is 39.3 cm³/mol. The van der Waals surface area contributed by atoms with Gasteiger partial charge in [0.2, 0.25) is 0 Å². The van der Waals surface area contributed by atoms with Crippen molar-refractivity contribution in [2.75, 3.05) is 27.4 Å². The second-order valence-corrected chi connectivity index (χ2v) is 2.15. The standard InChI is InChI=1S/C7H14O4/c1-6(4-9-2)11-5-7(8)10-3/h6H,4-5H2,1-3H3. The van der Waals surface area contributed by atoms with Gasteiger partial charge in [0.25, 0.3) is 0 Å². The second-order valence-electron chi connectivity index (χ2n) is 2.15. The molecular weight excluding hydrogens is 148 g/mol. The third kappa shape index (κ3) is 5.82. The van der Waals surface area contributed by atoms with Gasteiger partial charge in [-0.2, -0.15) is 0 Å². The molecule has 0 rings (SSSR count). The Balaban J connectivity index is 3.29. The highest BCUT2D eigenvalue weighted by atomic mass is 16.6. The Labute approximate surface area is 66.4 Å². The average Bonchev–Trinajstić information content (AvgIpc) is 2.01. The van der Waals surface area contributed by atoms with Gasteiger partial charge in [0, 0.05) is 7.11 Å². The van der Waals surface area contributed by atoms with Crippen molar-refractivity contribution in [2.24, 2.45) is 0 Å². The minimum Gasteiger partial charge on any atom is -0.467 e. The van der Waals surface area contributed by atoms with E-state index in [4.69, 9.17) is 9.47 Å². The van der Waals surface area contributed by atoms with Crippen LogP contribution in [0.15, 0.2) is 0 Å². The van der Waals surface area contributed by atoms with Crippen LogP contribution in [0.5, 0.6) is 0 Å². The Morgan fingerprint density at radius 3 is 2.55 bits per heavy atom. The van der Waals surface area contributed by atoms with E-state index in [1.807, 2.05) is 6.92 Å². The van der Waals surface area contributed by atoms with Gasteiger partial charge in [-0.15, -0.1) is 0 Å². The Bertz CT molecular complexity index is 113. The molecule has 0 heterocycles. The topological polar surface area (TPSA) is 44.8 Å². The Morgan fingerprint density at radius 1 is 1.45 bits per heavy atom. The van der Waals surface area contributed by atoms with Gasteiger partial charge in [-0.3, -0.25) is 0 Å². The highest BCUT2D eigenvalue weighted by molar-refractivity contribution is 5.70. The van der Waals surface area contributed by atoms with Gasteiger partial charge in [0.05, 0.1) is 19.8 Å². The number of hydrogen-bond donors (Lipinski definition) is 0. The van der Waals surface area contributed by atoms with Crippen LogP contribution in [0.3, 0.4) is 0 Å². The van der Waals surface area contributed by atoms with Crippen molar-refractivity contribution in [2.45, 2.75) is 13.0 Å². The van der Waals surface area contributed by atoms with E-state index in [9.17, 15) is 4.79 Å². The van der Waals surface area contributed by atoms with E-state index in [1.165, 1.54) is 7.11 Å². The summed E-state index contributed by atoms with van der Waals surface area (Å²) in [4.78, 5) is 10.5. The maximum absolute atomic E-state index is 10.5. The van der Waals surface area contributed by atoms with E-state index in [0.717, 1.165) is 0 Å². The van der Waals surface area contributed by atoms with Crippen LogP contribution in [-0.4, -0.2) is 39.5 Å². The molecule has 0 aliphatic rings. The first kappa shape index (κ1) is 10.4. The summed E-state index contributed by atoms with van der Waals surface area (Å²) < 4.78 is 14.2. The first-order chi connectivity index (χ1) is 5.20. The van der Waals surface area contributed by atoms with Crippen molar-refractivity contribution in [3.8, 4) is 0 Å². The number of hydrogen-bond acceptors (Lipinski definition) is 4. The van der Waals surface area contributed by atoms with Crippen LogP contribution >= 0.6 is 0 Å². The number of carbonyl (C=O) groups excluding carboxylic acids is 1. The van der Waals surface area contributed by atoms with E-state index in [2.05, 4.69) is 4.74 Å². The Kier molecular flexibility index (Phi) is 5.78. The van der Waals surface area contributed by atoms with Gasteiger partial charge in [-0.25, -0.2) is 4.79 Å². The minimum atomic E-state index is -0.368. The van der Waals surface area contributed by atoms with Crippen LogP contribution in [0.4, 0.5) is 0 Å². The lowest BCUT2D eigenvalue weighted by Gasteiger charge is -2.09.